The Morgan fingerprint density at radius 3 is 2.73 bits per heavy atom. The van der Waals surface area contributed by atoms with Gasteiger partial charge in [0.15, 0.2) is 5.78 Å². The predicted molar refractivity (Wildman–Crippen MR) is 81.7 cm³/mol. The Labute approximate surface area is 128 Å². The molecule has 1 aromatic heterocycles. The number of aromatic amines is 1. The van der Waals surface area contributed by atoms with E-state index in [4.69, 9.17) is 0 Å². The van der Waals surface area contributed by atoms with Crippen molar-refractivity contribution in [1.82, 2.24) is 15.2 Å². The van der Waals surface area contributed by atoms with Crippen molar-refractivity contribution in [3.05, 3.63) is 41.2 Å². The molecule has 0 spiro atoms. The first-order valence-corrected chi connectivity index (χ1v) is 7.52. The summed E-state index contributed by atoms with van der Waals surface area (Å²) in [6, 6.07) is 5.92. The highest BCUT2D eigenvalue weighted by molar-refractivity contribution is 5.99. The summed E-state index contributed by atoms with van der Waals surface area (Å²) in [7, 11) is 0. The summed E-state index contributed by atoms with van der Waals surface area (Å²) in [4.78, 5) is 27.8. The molecule has 0 unspecified atom stereocenters. The van der Waals surface area contributed by atoms with Gasteiger partial charge in [0, 0.05) is 18.4 Å². The zero-order valence-electron chi connectivity index (χ0n) is 12.3. The second kappa shape index (κ2) is 6.51. The topological polar surface area (TPSA) is 87.7 Å². The van der Waals surface area contributed by atoms with Crippen molar-refractivity contribution in [3.63, 3.8) is 0 Å². The molecule has 0 saturated carbocycles. The lowest BCUT2D eigenvalue weighted by molar-refractivity contribution is -0.116. The van der Waals surface area contributed by atoms with Crippen molar-refractivity contribution in [2.45, 2.75) is 38.5 Å². The Balaban J connectivity index is 1.56. The molecule has 0 radical (unpaired) electrons. The van der Waals surface area contributed by atoms with Gasteiger partial charge in [-0.3, -0.25) is 14.9 Å². The number of benzene rings is 1. The minimum atomic E-state index is -0.247. The molecule has 3 rings (SSSR count). The van der Waals surface area contributed by atoms with Crippen LogP contribution in [0, 0.1) is 0 Å². The highest BCUT2D eigenvalue weighted by Gasteiger charge is 2.14. The maximum absolute atomic E-state index is 12.2. The van der Waals surface area contributed by atoms with Crippen LogP contribution in [0.4, 0.5) is 5.95 Å². The van der Waals surface area contributed by atoms with Gasteiger partial charge in [-0.25, -0.2) is 5.10 Å². The SMILES string of the molecule is O=C(CCC(=O)c1ccc2c(c1)CCCC2)Nc1ncn[nH]1. The molecule has 1 aliphatic rings. The van der Waals surface area contributed by atoms with Crippen LogP contribution < -0.4 is 5.32 Å². The molecule has 6 heteroatoms. The minimum absolute atomic E-state index is 0.00101. The number of H-pyrrole nitrogens is 1. The summed E-state index contributed by atoms with van der Waals surface area (Å²) in [5, 5.41) is 8.74. The van der Waals surface area contributed by atoms with Crippen LogP contribution >= 0.6 is 0 Å². The molecule has 0 saturated heterocycles. The molecular weight excluding hydrogens is 280 g/mol. The van der Waals surface area contributed by atoms with E-state index in [0.29, 0.717) is 11.5 Å². The number of rotatable bonds is 5. The van der Waals surface area contributed by atoms with Gasteiger partial charge in [0.2, 0.25) is 11.9 Å². The second-order valence-electron chi connectivity index (χ2n) is 5.50. The van der Waals surface area contributed by atoms with Gasteiger partial charge < -0.3 is 0 Å². The smallest absolute Gasteiger partial charge is 0.227 e. The van der Waals surface area contributed by atoms with E-state index in [1.807, 2.05) is 12.1 Å². The number of carbonyl (C=O) groups excluding carboxylic acids is 2. The lowest BCUT2D eigenvalue weighted by Crippen LogP contribution is -2.14. The molecule has 114 valence electrons. The summed E-state index contributed by atoms with van der Waals surface area (Å²) in [6.45, 7) is 0. The van der Waals surface area contributed by atoms with Crippen LogP contribution in [0.15, 0.2) is 24.5 Å². The normalized spacial score (nSPS) is 13.5. The Bertz CT molecular complexity index is 679. The van der Waals surface area contributed by atoms with Crippen LogP contribution in [0.3, 0.4) is 0 Å². The zero-order chi connectivity index (χ0) is 15.4. The molecular formula is C16H18N4O2. The molecule has 1 aliphatic carbocycles. The van der Waals surface area contributed by atoms with E-state index in [-0.39, 0.29) is 24.5 Å². The maximum atomic E-state index is 12.2. The zero-order valence-corrected chi connectivity index (χ0v) is 12.3. The van der Waals surface area contributed by atoms with Crippen molar-refractivity contribution < 1.29 is 9.59 Å². The first-order valence-electron chi connectivity index (χ1n) is 7.52. The fourth-order valence-corrected chi connectivity index (χ4v) is 2.74. The first-order chi connectivity index (χ1) is 10.7. The fraction of sp³-hybridized carbons (Fsp3) is 0.375. The number of hydrogen-bond acceptors (Lipinski definition) is 4. The Hall–Kier alpha value is -2.50. The summed E-state index contributed by atoms with van der Waals surface area (Å²) in [6.07, 6.45) is 6.20. The molecule has 0 bridgehead atoms. The quantitative estimate of drug-likeness (QED) is 0.829. The summed E-state index contributed by atoms with van der Waals surface area (Å²) in [5.74, 6) is 0.0513. The van der Waals surface area contributed by atoms with Crippen molar-refractivity contribution in [1.29, 1.82) is 0 Å². The number of nitrogens with zero attached hydrogens (tertiary/aromatic N) is 2. The van der Waals surface area contributed by atoms with Gasteiger partial charge in [-0.15, -0.1) is 0 Å². The second-order valence-corrected chi connectivity index (χ2v) is 5.50. The van der Waals surface area contributed by atoms with Gasteiger partial charge in [-0.1, -0.05) is 12.1 Å². The number of hydrogen-bond donors (Lipinski definition) is 2. The number of aromatic nitrogens is 3. The van der Waals surface area contributed by atoms with E-state index in [1.54, 1.807) is 0 Å². The molecule has 0 fully saturated rings. The Morgan fingerprint density at radius 2 is 1.95 bits per heavy atom. The number of fused-ring (bicyclic) bond motifs is 1. The van der Waals surface area contributed by atoms with Crippen LogP contribution in [0.2, 0.25) is 0 Å². The minimum Gasteiger partial charge on any atom is -0.295 e. The Morgan fingerprint density at radius 1 is 1.14 bits per heavy atom. The van der Waals surface area contributed by atoms with Gasteiger partial charge in [-0.05, 0) is 42.9 Å². The average Bonchev–Trinajstić information content (AvgIpc) is 3.05. The van der Waals surface area contributed by atoms with E-state index in [1.165, 1.54) is 30.3 Å². The number of aryl methyl sites for hydroxylation is 2. The third kappa shape index (κ3) is 3.39. The Kier molecular flexibility index (Phi) is 4.27. The predicted octanol–water partition coefficient (Wildman–Crippen LogP) is 2.29. The molecule has 22 heavy (non-hydrogen) atoms. The van der Waals surface area contributed by atoms with Crippen LogP contribution in [-0.2, 0) is 17.6 Å². The number of amides is 1. The summed E-state index contributed by atoms with van der Waals surface area (Å²) in [5.41, 5.74) is 3.34. The largest absolute Gasteiger partial charge is 0.295 e. The van der Waals surface area contributed by atoms with Crippen molar-refractivity contribution >= 4 is 17.6 Å². The van der Waals surface area contributed by atoms with E-state index >= 15 is 0 Å². The van der Waals surface area contributed by atoms with Crippen LogP contribution in [0.25, 0.3) is 0 Å². The third-order valence-corrected chi connectivity index (χ3v) is 3.92. The number of ketones is 1. The lowest BCUT2D eigenvalue weighted by Gasteiger charge is -2.16. The van der Waals surface area contributed by atoms with Crippen molar-refractivity contribution in [3.8, 4) is 0 Å². The summed E-state index contributed by atoms with van der Waals surface area (Å²) < 4.78 is 0. The number of anilines is 1. The average molecular weight is 298 g/mol. The van der Waals surface area contributed by atoms with E-state index in [0.717, 1.165) is 12.8 Å². The maximum Gasteiger partial charge on any atom is 0.227 e. The number of carbonyl (C=O) groups is 2. The molecule has 6 nitrogen and oxygen atoms in total. The van der Waals surface area contributed by atoms with Crippen molar-refractivity contribution in [2.75, 3.05) is 5.32 Å². The molecule has 1 aromatic carbocycles. The van der Waals surface area contributed by atoms with Gasteiger partial charge in [-0.2, -0.15) is 10.1 Å². The summed E-state index contributed by atoms with van der Waals surface area (Å²) >= 11 is 0. The molecule has 0 aliphatic heterocycles. The van der Waals surface area contributed by atoms with Gasteiger partial charge in [0.05, 0.1) is 0 Å². The molecule has 2 aromatic rings. The third-order valence-electron chi connectivity index (χ3n) is 3.92. The van der Waals surface area contributed by atoms with E-state index in [2.05, 4.69) is 26.6 Å². The standard InChI is InChI=1S/C16H18N4O2/c21-14(7-8-15(22)19-16-17-10-18-20-16)13-6-5-11-3-1-2-4-12(11)9-13/h5-6,9-10H,1-4,7-8H2,(H2,17,18,19,20,22). The van der Waals surface area contributed by atoms with Crippen molar-refractivity contribution in [2.24, 2.45) is 0 Å². The molecule has 1 amide bonds. The monoisotopic (exact) mass is 298 g/mol. The van der Waals surface area contributed by atoms with Gasteiger partial charge in [0.1, 0.15) is 6.33 Å². The lowest BCUT2D eigenvalue weighted by atomic mass is 9.89. The van der Waals surface area contributed by atoms with E-state index < -0.39 is 0 Å². The van der Waals surface area contributed by atoms with Crippen LogP contribution in [0.1, 0.15) is 47.2 Å². The first kappa shape index (κ1) is 14.4. The van der Waals surface area contributed by atoms with E-state index in [9.17, 15) is 9.59 Å². The van der Waals surface area contributed by atoms with Gasteiger partial charge in [0.25, 0.3) is 0 Å². The van der Waals surface area contributed by atoms with Gasteiger partial charge >= 0.3 is 0 Å². The highest BCUT2D eigenvalue weighted by Crippen LogP contribution is 2.22. The fourth-order valence-electron chi connectivity index (χ4n) is 2.74. The molecule has 1 heterocycles. The van der Waals surface area contributed by atoms with Crippen LogP contribution in [-0.4, -0.2) is 26.9 Å². The highest BCUT2D eigenvalue weighted by atomic mass is 16.2. The molecule has 0 atom stereocenters. The number of Topliss-reactive ketones (excluding diaryl/α,β-unsaturated/α-hetero) is 1. The molecule has 2 N–H and O–H groups in total. The van der Waals surface area contributed by atoms with Crippen LogP contribution in [0.5, 0.6) is 0 Å². The number of nitrogens with one attached hydrogen (secondary N) is 2.